The number of alkyl halides is 2. The van der Waals surface area contributed by atoms with Gasteiger partial charge in [-0.15, -0.1) is 0 Å². The van der Waals surface area contributed by atoms with Gasteiger partial charge in [-0.2, -0.15) is 4.39 Å². The maximum absolute atomic E-state index is 12.7. The molecule has 0 radical (unpaired) electrons. The van der Waals surface area contributed by atoms with E-state index < -0.39 is 34.4 Å². The Balaban J connectivity index is 3.45. The van der Waals surface area contributed by atoms with Gasteiger partial charge in [-0.1, -0.05) is 0 Å². The fourth-order valence-electron chi connectivity index (χ4n) is 0.810. The first-order valence-corrected chi connectivity index (χ1v) is 3.21. The Morgan fingerprint density at radius 1 is 1.43 bits per heavy atom. The highest BCUT2D eigenvalue weighted by molar-refractivity contribution is 5.34. The quantitative estimate of drug-likeness (QED) is 0.427. The lowest BCUT2D eigenvalue weighted by Crippen LogP contribution is -2.04. The average molecular weight is 210 g/mol. The Labute approximate surface area is 74.3 Å². The molecule has 0 aliphatic heterocycles. The highest BCUT2D eigenvalue weighted by Gasteiger charge is 2.30. The maximum Gasteiger partial charge on any atom is 0.375 e. The lowest BCUT2D eigenvalue weighted by atomic mass is 10.2. The highest BCUT2D eigenvalue weighted by Crippen LogP contribution is 2.30. The van der Waals surface area contributed by atoms with Crippen LogP contribution in [0.2, 0.25) is 0 Å². The monoisotopic (exact) mass is 210 g/mol. The number of pyridine rings is 1. The molecule has 0 saturated heterocycles. The second-order valence-corrected chi connectivity index (χ2v) is 2.22. The van der Waals surface area contributed by atoms with Crippen molar-refractivity contribution in [2.75, 3.05) is 0 Å². The van der Waals surface area contributed by atoms with E-state index >= 15 is 0 Å². The van der Waals surface area contributed by atoms with Crippen LogP contribution < -0.4 is 0 Å². The summed E-state index contributed by atoms with van der Waals surface area (Å²) in [6.45, 7) is 0. The molecule has 4 nitrogen and oxygen atoms in total. The number of nitro groups is 1. The molecule has 0 aliphatic rings. The second kappa shape index (κ2) is 3.56. The van der Waals surface area contributed by atoms with Crippen LogP contribution in [-0.2, 0) is 0 Å². The summed E-state index contributed by atoms with van der Waals surface area (Å²) in [4.78, 5) is 11.6. The fourth-order valence-corrected chi connectivity index (χ4v) is 0.810. The van der Waals surface area contributed by atoms with E-state index in [9.17, 15) is 27.7 Å². The van der Waals surface area contributed by atoms with Crippen molar-refractivity contribution in [1.82, 2.24) is 4.98 Å². The van der Waals surface area contributed by atoms with Crippen molar-refractivity contribution in [2.45, 2.75) is 6.43 Å². The van der Waals surface area contributed by atoms with Crippen LogP contribution in [-0.4, -0.2) is 9.91 Å². The van der Waals surface area contributed by atoms with E-state index in [4.69, 9.17) is 0 Å². The van der Waals surface area contributed by atoms with Crippen molar-refractivity contribution < 1.29 is 22.5 Å². The maximum atomic E-state index is 12.7. The van der Waals surface area contributed by atoms with E-state index in [2.05, 4.69) is 4.98 Å². The Morgan fingerprint density at radius 3 is 2.43 bits per heavy atom. The molecule has 1 aromatic heterocycles. The van der Waals surface area contributed by atoms with Crippen molar-refractivity contribution in [1.29, 1.82) is 0 Å². The summed E-state index contributed by atoms with van der Waals surface area (Å²) >= 11 is 0. The van der Waals surface area contributed by atoms with Gasteiger partial charge in [0.15, 0.2) is 17.6 Å². The van der Waals surface area contributed by atoms with Crippen molar-refractivity contribution in [3.63, 3.8) is 0 Å². The van der Waals surface area contributed by atoms with Crippen LogP contribution in [0.5, 0.6) is 0 Å². The van der Waals surface area contributed by atoms with Crippen molar-refractivity contribution >= 4 is 5.82 Å². The first-order chi connectivity index (χ1) is 6.45. The molecule has 8 heteroatoms. The summed E-state index contributed by atoms with van der Waals surface area (Å²) < 4.78 is 49.2. The molecular weight excluding hydrogens is 208 g/mol. The second-order valence-electron chi connectivity index (χ2n) is 2.22. The smallest absolute Gasteiger partial charge is 0.358 e. The largest absolute Gasteiger partial charge is 0.375 e. The third kappa shape index (κ3) is 1.63. The topological polar surface area (TPSA) is 56.0 Å². The standard InChI is InChI=1S/C6H2F4N2O2/c7-2-1-11-6(12(13)14)3(4(2)8)5(9)10/h1,5H. The zero-order valence-electron chi connectivity index (χ0n) is 6.38. The molecule has 76 valence electrons. The van der Waals surface area contributed by atoms with E-state index in [0.717, 1.165) is 0 Å². The Hall–Kier alpha value is -1.73. The van der Waals surface area contributed by atoms with Gasteiger partial charge in [-0.05, 0) is 9.91 Å². The molecule has 1 heterocycles. The van der Waals surface area contributed by atoms with Gasteiger partial charge in [0.2, 0.25) is 5.82 Å². The number of aromatic nitrogens is 1. The molecule has 0 unspecified atom stereocenters. The normalized spacial score (nSPS) is 10.6. The minimum absolute atomic E-state index is 0.180. The molecule has 0 bridgehead atoms. The number of halogens is 4. The number of hydrogen-bond donors (Lipinski definition) is 0. The molecule has 0 saturated carbocycles. The average Bonchev–Trinajstić information content (AvgIpc) is 2.08. The first-order valence-electron chi connectivity index (χ1n) is 3.21. The molecule has 0 atom stereocenters. The van der Waals surface area contributed by atoms with Crippen LogP contribution in [0.3, 0.4) is 0 Å². The first kappa shape index (κ1) is 10.4. The molecular formula is C6H2F4N2O2. The lowest BCUT2D eigenvalue weighted by Gasteiger charge is -2.02. The summed E-state index contributed by atoms with van der Waals surface area (Å²) in [5.74, 6) is -4.97. The predicted molar refractivity (Wildman–Crippen MR) is 35.8 cm³/mol. The zero-order chi connectivity index (χ0) is 10.9. The zero-order valence-corrected chi connectivity index (χ0v) is 6.38. The third-order valence-corrected chi connectivity index (χ3v) is 1.38. The van der Waals surface area contributed by atoms with Crippen LogP contribution in [0, 0.1) is 21.7 Å². The summed E-state index contributed by atoms with van der Waals surface area (Å²) in [6.07, 6.45) is -3.31. The fraction of sp³-hybridized carbons (Fsp3) is 0.167. The van der Waals surface area contributed by atoms with Crippen LogP contribution in [0.4, 0.5) is 23.4 Å². The van der Waals surface area contributed by atoms with Gasteiger partial charge >= 0.3 is 5.82 Å². The molecule has 0 spiro atoms. The van der Waals surface area contributed by atoms with Crippen molar-refractivity contribution in [2.24, 2.45) is 0 Å². The SMILES string of the molecule is O=[N+]([O-])c1ncc(F)c(F)c1C(F)F. The molecule has 0 aromatic carbocycles. The number of nitrogens with zero attached hydrogens (tertiary/aromatic N) is 2. The van der Waals surface area contributed by atoms with Crippen molar-refractivity contribution in [3.05, 3.63) is 33.5 Å². The summed E-state index contributed by atoms with van der Waals surface area (Å²) in [7, 11) is 0. The molecule has 0 amide bonds. The van der Waals surface area contributed by atoms with Gasteiger partial charge in [0.1, 0.15) is 0 Å². The minimum Gasteiger partial charge on any atom is -0.358 e. The molecule has 0 aliphatic carbocycles. The van der Waals surface area contributed by atoms with Crippen LogP contribution in [0.25, 0.3) is 0 Å². The Kier molecular flexibility index (Phi) is 2.63. The van der Waals surface area contributed by atoms with Crippen molar-refractivity contribution in [3.8, 4) is 0 Å². The van der Waals surface area contributed by atoms with Crippen LogP contribution in [0.15, 0.2) is 6.20 Å². The van der Waals surface area contributed by atoms with Gasteiger partial charge in [0.05, 0.1) is 0 Å². The van der Waals surface area contributed by atoms with E-state index in [0.29, 0.717) is 0 Å². The Bertz CT molecular complexity index is 382. The molecule has 1 rings (SSSR count). The van der Waals surface area contributed by atoms with Gasteiger partial charge < -0.3 is 10.1 Å². The van der Waals surface area contributed by atoms with Gasteiger partial charge in [0, 0.05) is 0 Å². The minimum atomic E-state index is -3.49. The third-order valence-electron chi connectivity index (χ3n) is 1.38. The number of rotatable bonds is 2. The van der Waals surface area contributed by atoms with E-state index in [1.54, 1.807) is 0 Å². The molecule has 14 heavy (non-hydrogen) atoms. The van der Waals surface area contributed by atoms with Crippen LogP contribution in [0.1, 0.15) is 12.0 Å². The number of hydrogen-bond acceptors (Lipinski definition) is 3. The Morgan fingerprint density at radius 2 is 2.00 bits per heavy atom. The molecule has 1 aromatic rings. The summed E-state index contributed by atoms with van der Waals surface area (Å²) in [5.41, 5.74) is -1.63. The van der Waals surface area contributed by atoms with Crippen LogP contribution >= 0.6 is 0 Å². The predicted octanol–water partition coefficient (Wildman–Crippen LogP) is 2.21. The summed E-state index contributed by atoms with van der Waals surface area (Å²) in [5, 5.41) is 10.1. The highest BCUT2D eigenvalue weighted by atomic mass is 19.3. The summed E-state index contributed by atoms with van der Waals surface area (Å²) in [6, 6.07) is 0. The van der Waals surface area contributed by atoms with E-state index in [1.807, 2.05) is 0 Å². The molecule has 0 N–H and O–H groups in total. The van der Waals surface area contributed by atoms with E-state index in [-0.39, 0.29) is 6.20 Å². The van der Waals surface area contributed by atoms with Gasteiger partial charge in [-0.3, -0.25) is 0 Å². The molecule has 0 fully saturated rings. The van der Waals surface area contributed by atoms with Gasteiger partial charge in [-0.25, -0.2) is 13.2 Å². The van der Waals surface area contributed by atoms with Gasteiger partial charge in [0.25, 0.3) is 6.43 Å². The van der Waals surface area contributed by atoms with E-state index in [1.165, 1.54) is 0 Å². The lowest BCUT2D eigenvalue weighted by molar-refractivity contribution is -0.391.